The van der Waals surface area contributed by atoms with Gasteiger partial charge in [0.05, 0.1) is 0 Å². The molecule has 80 valence electrons. The molecule has 3 nitrogen and oxygen atoms in total. The van der Waals surface area contributed by atoms with Gasteiger partial charge in [0.25, 0.3) is 0 Å². The van der Waals surface area contributed by atoms with Crippen LogP contribution in [0.25, 0.3) is 0 Å². The van der Waals surface area contributed by atoms with Crippen LogP contribution >= 0.6 is 0 Å². The lowest BCUT2D eigenvalue weighted by Gasteiger charge is -2.08. The molecule has 1 amide bonds. The van der Waals surface area contributed by atoms with Crippen LogP contribution in [0.1, 0.15) is 12.8 Å². The van der Waals surface area contributed by atoms with Crippen LogP contribution < -0.4 is 5.32 Å². The largest absolute Gasteiger partial charge is 0.440 e. The van der Waals surface area contributed by atoms with Crippen LogP contribution in [0.15, 0.2) is 0 Å². The average Bonchev–Trinajstić information content (AvgIpc) is 2.08. The minimum absolute atomic E-state index is 0.209. The number of unbranched alkanes of at least 4 members (excludes halogenated alkanes) is 1. The van der Waals surface area contributed by atoms with Crippen LogP contribution in [0, 0.1) is 12.3 Å². The molecule has 0 saturated heterocycles. The first-order valence-electron chi connectivity index (χ1n) is 3.86. The number of rotatable bonds is 4. The van der Waals surface area contributed by atoms with E-state index in [0.717, 1.165) is 0 Å². The first-order valence-corrected chi connectivity index (χ1v) is 3.86. The molecule has 0 aliphatic rings. The number of carbonyl (C=O) groups excluding carboxylic acids is 1. The molecule has 0 aromatic heterocycles. The van der Waals surface area contributed by atoms with E-state index in [2.05, 4.69) is 16.0 Å². The quantitative estimate of drug-likeness (QED) is 0.565. The second-order valence-corrected chi connectivity index (χ2v) is 2.43. The number of hydrogen-bond donors (Lipinski definition) is 1. The zero-order chi connectivity index (χ0) is 11.0. The summed E-state index contributed by atoms with van der Waals surface area (Å²) in [5.74, 6) is 2.33. The van der Waals surface area contributed by atoms with E-state index in [9.17, 15) is 18.0 Å². The maximum absolute atomic E-state index is 11.5. The molecule has 0 rings (SSSR count). The molecule has 0 saturated carbocycles. The van der Waals surface area contributed by atoms with E-state index < -0.39 is 18.9 Å². The molecule has 0 radical (unpaired) electrons. The smallest absolute Gasteiger partial charge is 0.422 e. The van der Waals surface area contributed by atoms with Gasteiger partial charge in [0.15, 0.2) is 6.61 Å². The Morgan fingerprint density at radius 1 is 1.50 bits per heavy atom. The van der Waals surface area contributed by atoms with Crippen LogP contribution in [0.3, 0.4) is 0 Å². The molecular formula is C8H10F3NO2. The van der Waals surface area contributed by atoms with E-state index in [1.165, 1.54) is 0 Å². The van der Waals surface area contributed by atoms with Gasteiger partial charge in [-0.1, -0.05) is 0 Å². The Bertz CT molecular complexity index is 220. The summed E-state index contributed by atoms with van der Waals surface area (Å²) in [6, 6.07) is 0. The van der Waals surface area contributed by atoms with Gasteiger partial charge < -0.3 is 10.1 Å². The molecule has 1 N–H and O–H groups in total. The van der Waals surface area contributed by atoms with Crippen molar-refractivity contribution < 1.29 is 22.7 Å². The number of nitrogens with one attached hydrogen (secondary N) is 1. The molecule has 0 bridgehead atoms. The van der Waals surface area contributed by atoms with Crippen LogP contribution in [-0.4, -0.2) is 25.4 Å². The van der Waals surface area contributed by atoms with Gasteiger partial charge in [-0.05, 0) is 6.42 Å². The molecule has 0 aromatic rings. The third-order valence-electron chi connectivity index (χ3n) is 1.13. The van der Waals surface area contributed by atoms with Crippen LogP contribution in [0.2, 0.25) is 0 Å². The number of amides is 1. The lowest BCUT2D eigenvalue weighted by molar-refractivity contribution is -0.160. The molecule has 0 aliphatic heterocycles. The van der Waals surface area contributed by atoms with Gasteiger partial charge in [0.2, 0.25) is 0 Å². The fraction of sp³-hybridized carbons (Fsp3) is 0.625. The number of carbonyl (C=O) groups is 1. The van der Waals surface area contributed by atoms with Gasteiger partial charge in [-0.2, -0.15) is 13.2 Å². The fourth-order valence-corrected chi connectivity index (χ4v) is 0.579. The molecule has 14 heavy (non-hydrogen) atoms. The van der Waals surface area contributed by atoms with Crippen LogP contribution in [0.5, 0.6) is 0 Å². The molecule has 0 aliphatic carbocycles. The highest BCUT2D eigenvalue weighted by Gasteiger charge is 2.29. The minimum Gasteiger partial charge on any atom is -0.440 e. The second-order valence-electron chi connectivity index (χ2n) is 2.43. The normalized spacial score (nSPS) is 10.4. The molecule has 0 spiro atoms. The van der Waals surface area contributed by atoms with Crippen molar-refractivity contribution in [1.82, 2.24) is 5.32 Å². The highest BCUT2D eigenvalue weighted by Crippen LogP contribution is 2.14. The lowest BCUT2D eigenvalue weighted by atomic mass is 10.3. The Labute approximate surface area is 79.6 Å². The van der Waals surface area contributed by atoms with Crippen molar-refractivity contribution in [2.45, 2.75) is 19.0 Å². The minimum atomic E-state index is -4.49. The van der Waals surface area contributed by atoms with Gasteiger partial charge in [0.1, 0.15) is 0 Å². The van der Waals surface area contributed by atoms with Crippen LogP contribution in [0.4, 0.5) is 18.0 Å². The summed E-state index contributed by atoms with van der Waals surface area (Å²) < 4.78 is 38.4. The van der Waals surface area contributed by atoms with Crippen molar-refractivity contribution in [3.63, 3.8) is 0 Å². The highest BCUT2D eigenvalue weighted by molar-refractivity contribution is 5.67. The number of halogens is 3. The van der Waals surface area contributed by atoms with Crippen molar-refractivity contribution in [3.05, 3.63) is 0 Å². The Hall–Kier alpha value is -1.38. The second kappa shape index (κ2) is 6.13. The first-order chi connectivity index (χ1) is 6.45. The van der Waals surface area contributed by atoms with Gasteiger partial charge in [-0.15, -0.1) is 12.3 Å². The van der Waals surface area contributed by atoms with E-state index in [1.54, 1.807) is 0 Å². The summed E-state index contributed by atoms with van der Waals surface area (Å²) in [6.45, 7) is -1.37. The predicted octanol–water partition coefficient (Wildman–Crippen LogP) is 1.69. The van der Waals surface area contributed by atoms with Gasteiger partial charge in [-0.25, -0.2) is 4.79 Å². The van der Waals surface area contributed by atoms with E-state index in [-0.39, 0.29) is 6.54 Å². The van der Waals surface area contributed by atoms with Crippen molar-refractivity contribution in [3.8, 4) is 12.3 Å². The standard InChI is InChI=1S/C8H10F3NO2/c1-2-3-4-5-12-7(13)14-6-8(9,10)11/h1H,3-6H2,(H,12,13). The molecule has 0 atom stereocenters. The first kappa shape index (κ1) is 12.6. The number of hydrogen-bond acceptors (Lipinski definition) is 2. The molecular weight excluding hydrogens is 199 g/mol. The SMILES string of the molecule is C#CCCCNC(=O)OCC(F)(F)F. The maximum Gasteiger partial charge on any atom is 0.422 e. The summed E-state index contributed by atoms with van der Waals surface area (Å²) in [5.41, 5.74) is 0. The molecule has 0 fully saturated rings. The van der Waals surface area contributed by atoms with E-state index in [4.69, 9.17) is 6.42 Å². The molecule has 0 heterocycles. The van der Waals surface area contributed by atoms with Gasteiger partial charge in [0, 0.05) is 13.0 Å². The third kappa shape index (κ3) is 8.71. The van der Waals surface area contributed by atoms with Crippen molar-refractivity contribution in [2.75, 3.05) is 13.2 Å². The van der Waals surface area contributed by atoms with Crippen molar-refractivity contribution in [2.24, 2.45) is 0 Å². The predicted molar refractivity (Wildman–Crippen MR) is 43.5 cm³/mol. The van der Waals surface area contributed by atoms with Gasteiger partial charge in [-0.3, -0.25) is 0 Å². The van der Waals surface area contributed by atoms with Crippen molar-refractivity contribution in [1.29, 1.82) is 0 Å². The summed E-state index contributed by atoms with van der Waals surface area (Å²) in [5, 5.41) is 2.13. The number of alkyl carbamates (subject to hydrolysis) is 1. The zero-order valence-corrected chi connectivity index (χ0v) is 7.36. The zero-order valence-electron chi connectivity index (χ0n) is 7.36. The van der Waals surface area contributed by atoms with E-state index in [1.807, 2.05) is 0 Å². The van der Waals surface area contributed by atoms with Gasteiger partial charge >= 0.3 is 12.3 Å². The Balaban J connectivity index is 3.43. The van der Waals surface area contributed by atoms with E-state index >= 15 is 0 Å². The third-order valence-corrected chi connectivity index (χ3v) is 1.13. The summed E-state index contributed by atoms with van der Waals surface area (Å²) in [6.07, 6.45) is 0.314. The molecule has 0 aromatic carbocycles. The summed E-state index contributed by atoms with van der Waals surface area (Å²) in [7, 11) is 0. The Morgan fingerprint density at radius 3 is 2.64 bits per heavy atom. The van der Waals surface area contributed by atoms with Crippen molar-refractivity contribution >= 4 is 6.09 Å². The fourth-order valence-electron chi connectivity index (χ4n) is 0.579. The number of ether oxygens (including phenoxy) is 1. The lowest BCUT2D eigenvalue weighted by Crippen LogP contribution is -2.29. The van der Waals surface area contributed by atoms with E-state index in [0.29, 0.717) is 12.8 Å². The number of terminal acetylenes is 1. The Kier molecular flexibility index (Phi) is 5.53. The number of alkyl halides is 3. The summed E-state index contributed by atoms with van der Waals surface area (Å²) in [4.78, 5) is 10.6. The average molecular weight is 209 g/mol. The molecule has 6 heteroatoms. The van der Waals surface area contributed by atoms with Crippen LogP contribution in [-0.2, 0) is 4.74 Å². The Morgan fingerprint density at radius 2 is 2.14 bits per heavy atom. The summed E-state index contributed by atoms with van der Waals surface area (Å²) >= 11 is 0. The highest BCUT2D eigenvalue weighted by atomic mass is 19.4. The monoisotopic (exact) mass is 209 g/mol. The molecule has 0 unspecified atom stereocenters. The topological polar surface area (TPSA) is 38.3 Å². The maximum atomic E-state index is 11.5.